The number of hydrogen-bond acceptors (Lipinski definition) is 5. The molecule has 0 spiro atoms. The maximum Gasteiger partial charge on any atom is 0.338 e. The number of piperazine rings is 1. The molecule has 37 heavy (non-hydrogen) atoms. The number of benzene rings is 2. The summed E-state index contributed by atoms with van der Waals surface area (Å²) in [5.41, 5.74) is 2.14. The van der Waals surface area contributed by atoms with E-state index in [2.05, 4.69) is 10.2 Å². The maximum absolute atomic E-state index is 13.7. The van der Waals surface area contributed by atoms with E-state index in [1.54, 1.807) is 22.8 Å². The molecule has 3 amide bonds. The van der Waals surface area contributed by atoms with E-state index in [1.807, 2.05) is 44.2 Å². The van der Waals surface area contributed by atoms with Gasteiger partial charge < -0.3 is 15.0 Å². The molecule has 0 saturated carbocycles. The third kappa shape index (κ3) is 5.67. The summed E-state index contributed by atoms with van der Waals surface area (Å²) in [5, 5.41) is 2.97. The van der Waals surface area contributed by atoms with Crippen LogP contribution in [-0.4, -0.2) is 78.0 Å². The Morgan fingerprint density at radius 2 is 1.84 bits per heavy atom. The number of halogens is 1. The molecular formula is C28H33FN4O4. The molecule has 0 aromatic heterocycles. The summed E-state index contributed by atoms with van der Waals surface area (Å²) in [4.78, 5) is 44.8. The van der Waals surface area contributed by atoms with Crippen molar-refractivity contribution in [3.8, 4) is 0 Å². The second-order valence-electron chi connectivity index (χ2n) is 9.21. The molecule has 1 fully saturated rings. The van der Waals surface area contributed by atoms with E-state index in [-0.39, 0.29) is 24.6 Å². The first-order valence-corrected chi connectivity index (χ1v) is 12.7. The maximum atomic E-state index is 13.7. The molecule has 0 bridgehead atoms. The molecular weight excluding hydrogens is 475 g/mol. The number of nitrogens with one attached hydrogen (secondary N) is 1. The zero-order valence-electron chi connectivity index (χ0n) is 21.4. The van der Waals surface area contributed by atoms with Crippen molar-refractivity contribution in [2.45, 2.75) is 32.9 Å². The minimum atomic E-state index is -0.626. The standard InChI is InChI=1S/C28H33FN4O4/c1-4-32-23(24(27(35)37-5-2)25(30-28(32)36)20-10-7-6-8-11-20)18-31-14-15-33(19(3)17-31)26(34)21-12-9-13-22(29)16-21/h6-13,16,19,25H,4-5,14-15,17-18H2,1-3H3,(H,30,36). The Balaban J connectivity index is 1.61. The number of carbonyl (C=O) groups is 3. The monoisotopic (exact) mass is 508 g/mol. The number of nitrogens with zero attached hydrogens (tertiary/aromatic N) is 3. The van der Waals surface area contributed by atoms with Gasteiger partial charge in [-0.3, -0.25) is 14.6 Å². The van der Waals surface area contributed by atoms with Gasteiger partial charge in [-0.2, -0.15) is 0 Å². The molecule has 2 heterocycles. The number of likely N-dealkylation sites (N-methyl/N-ethyl adjacent to an activating group) is 1. The molecule has 2 aromatic rings. The third-order valence-electron chi connectivity index (χ3n) is 6.80. The number of esters is 1. The van der Waals surface area contributed by atoms with E-state index in [0.717, 1.165) is 5.56 Å². The lowest BCUT2D eigenvalue weighted by Gasteiger charge is -2.43. The molecule has 9 heteroatoms. The van der Waals surface area contributed by atoms with Crippen LogP contribution in [0, 0.1) is 5.82 Å². The highest BCUT2D eigenvalue weighted by Crippen LogP contribution is 2.32. The molecule has 196 valence electrons. The van der Waals surface area contributed by atoms with Crippen molar-refractivity contribution in [1.82, 2.24) is 20.0 Å². The van der Waals surface area contributed by atoms with Gasteiger partial charge in [-0.1, -0.05) is 36.4 Å². The fourth-order valence-corrected chi connectivity index (χ4v) is 5.03. The van der Waals surface area contributed by atoms with Gasteiger partial charge >= 0.3 is 12.0 Å². The number of ether oxygens (including phenoxy) is 1. The van der Waals surface area contributed by atoms with Crippen LogP contribution in [0.15, 0.2) is 65.9 Å². The van der Waals surface area contributed by atoms with Crippen molar-refractivity contribution in [3.63, 3.8) is 0 Å². The lowest BCUT2D eigenvalue weighted by Crippen LogP contribution is -2.56. The van der Waals surface area contributed by atoms with Gasteiger partial charge in [-0.15, -0.1) is 0 Å². The van der Waals surface area contributed by atoms with E-state index >= 15 is 0 Å². The van der Waals surface area contributed by atoms with Gasteiger partial charge in [0.25, 0.3) is 5.91 Å². The fourth-order valence-electron chi connectivity index (χ4n) is 5.03. The molecule has 8 nitrogen and oxygen atoms in total. The van der Waals surface area contributed by atoms with Crippen LogP contribution < -0.4 is 5.32 Å². The Morgan fingerprint density at radius 3 is 2.49 bits per heavy atom. The Labute approximate surface area is 216 Å². The normalized spacial score (nSPS) is 20.6. The fraction of sp³-hybridized carbons (Fsp3) is 0.393. The molecule has 0 radical (unpaired) electrons. The minimum absolute atomic E-state index is 0.145. The molecule has 4 rings (SSSR count). The Morgan fingerprint density at radius 1 is 1.08 bits per heavy atom. The molecule has 2 aliphatic heterocycles. The molecule has 2 aromatic carbocycles. The first-order valence-electron chi connectivity index (χ1n) is 12.7. The van der Waals surface area contributed by atoms with Gasteiger partial charge in [0.05, 0.1) is 18.2 Å². The molecule has 1 N–H and O–H groups in total. The Bertz CT molecular complexity index is 1190. The lowest BCUT2D eigenvalue weighted by atomic mass is 9.94. The van der Waals surface area contributed by atoms with E-state index < -0.39 is 17.8 Å². The molecule has 2 atom stereocenters. The van der Waals surface area contributed by atoms with Crippen LogP contribution in [0.1, 0.15) is 42.7 Å². The number of urea groups is 1. The molecule has 2 aliphatic rings. The van der Waals surface area contributed by atoms with Crippen molar-refractivity contribution in [2.75, 3.05) is 39.3 Å². The number of rotatable bonds is 7. The number of hydrogen-bond donors (Lipinski definition) is 1. The third-order valence-corrected chi connectivity index (χ3v) is 6.80. The van der Waals surface area contributed by atoms with Crippen LogP contribution in [0.4, 0.5) is 9.18 Å². The van der Waals surface area contributed by atoms with Gasteiger partial charge in [0, 0.05) is 50.0 Å². The van der Waals surface area contributed by atoms with E-state index in [1.165, 1.54) is 18.2 Å². The zero-order valence-corrected chi connectivity index (χ0v) is 21.4. The van der Waals surface area contributed by atoms with Crippen LogP contribution in [0.3, 0.4) is 0 Å². The van der Waals surface area contributed by atoms with Crippen LogP contribution in [0.5, 0.6) is 0 Å². The molecule has 0 aliphatic carbocycles. The summed E-state index contributed by atoms with van der Waals surface area (Å²) in [7, 11) is 0. The SMILES string of the molecule is CCOC(=O)C1=C(CN2CCN(C(=O)c3cccc(F)c3)C(C)C2)N(CC)C(=O)NC1c1ccccc1. The van der Waals surface area contributed by atoms with Crippen LogP contribution in [0.2, 0.25) is 0 Å². The van der Waals surface area contributed by atoms with E-state index in [4.69, 9.17) is 4.74 Å². The van der Waals surface area contributed by atoms with Crippen molar-refractivity contribution in [1.29, 1.82) is 0 Å². The summed E-state index contributed by atoms with van der Waals surface area (Å²) in [6.07, 6.45) is 0. The highest BCUT2D eigenvalue weighted by Gasteiger charge is 2.39. The van der Waals surface area contributed by atoms with Crippen LogP contribution in [-0.2, 0) is 9.53 Å². The number of carbonyl (C=O) groups excluding carboxylic acids is 3. The van der Waals surface area contributed by atoms with Crippen molar-refractivity contribution < 1.29 is 23.5 Å². The minimum Gasteiger partial charge on any atom is -0.463 e. The quantitative estimate of drug-likeness (QED) is 0.579. The van der Waals surface area contributed by atoms with Crippen molar-refractivity contribution >= 4 is 17.9 Å². The topological polar surface area (TPSA) is 82.2 Å². The average Bonchev–Trinajstić information content (AvgIpc) is 2.89. The zero-order chi connectivity index (χ0) is 26.5. The highest BCUT2D eigenvalue weighted by molar-refractivity contribution is 5.95. The lowest BCUT2D eigenvalue weighted by molar-refractivity contribution is -0.139. The highest BCUT2D eigenvalue weighted by atomic mass is 19.1. The molecule has 1 saturated heterocycles. The smallest absolute Gasteiger partial charge is 0.338 e. The van der Waals surface area contributed by atoms with Gasteiger partial charge in [-0.25, -0.2) is 14.0 Å². The van der Waals surface area contributed by atoms with E-state index in [9.17, 15) is 18.8 Å². The van der Waals surface area contributed by atoms with Gasteiger partial charge in [-0.05, 0) is 44.5 Å². The van der Waals surface area contributed by atoms with Crippen molar-refractivity contribution in [3.05, 3.63) is 82.8 Å². The summed E-state index contributed by atoms with van der Waals surface area (Å²) in [5.74, 6) is -1.12. The summed E-state index contributed by atoms with van der Waals surface area (Å²) >= 11 is 0. The van der Waals surface area contributed by atoms with Gasteiger partial charge in [0.1, 0.15) is 5.82 Å². The van der Waals surface area contributed by atoms with E-state index in [0.29, 0.717) is 49.6 Å². The number of amides is 3. The first kappa shape index (κ1) is 26.3. The summed E-state index contributed by atoms with van der Waals surface area (Å²) < 4.78 is 19.1. The van der Waals surface area contributed by atoms with Gasteiger partial charge in [0.15, 0.2) is 0 Å². The second kappa shape index (κ2) is 11.6. The van der Waals surface area contributed by atoms with Crippen molar-refractivity contribution in [2.24, 2.45) is 0 Å². The summed E-state index contributed by atoms with van der Waals surface area (Å²) in [6.45, 7) is 8.05. The largest absolute Gasteiger partial charge is 0.463 e. The Hall–Kier alpha value is -3.72. The average molecular weight is 509 g/mol. The van der Waals surface area contributed by atoms with Crippen LogP contribution in [0.25, 0.3) is 0 Å². The predicted molar refractivity (Wildman–Crippen MR) is 137 cm³/mol. The predicted octanol–water partition coefficient (Wildman–Crippen LogP) is 3.58. The van der Waals surface area contributed by atoms with Gasteiger partial charge in [0.2, 0.25) is 0 Å². The van der Waals surface area contributed by atoms with Crippen LogP contribution >= 0.6 is 0 Å². The Kier molecular flexibility index (Phi) is 8.23. The second-order valence-corrected chi connectivity index (χ2v) is 9.21. The molecule has 2 unspecified atom stereocenters. The summed E-state index contributed by atoms with van der Waals surface area (Å²) in [6, 6.07) is 14.0. The first-order chi connectivity index (χ1) is 17.8.